The van der Waals surface area contributed by atoms with E-state index in [1.165, 1.54) is 0 Å². The zero-order valence-electron chi connectivity index (χ0n) is 35.3. The lowest BCUT2D eigenvalue weighted by Gasteiger charge is -2.40. The molecule has 2 saturated heterocycles. The molecule has 0 spiro atoms. The molecule has 3 amide bonds. The van der Waals surface area contributed by atoms with Crippen LogP contribution in [0.15, 0.2) is 48.7 Å². The number of hydrogen-bond donors (Lipinski definition) is 3. The predicted octanol–water partition coefficient (Wildman–Crippen LogP) is 7.08. The number of amides is 3. The SMILES string of the molecule is CCc1nc2c(cnn2CC)c(NC2CCOCC2)c1CNC(=O)C1(C(=O)NCc2ccc(Cl)c(-c3cccc(CN4CCN(C(=O)OC(C)(C)C)[C@@H](C)C4)c3)c2)CC1. The summed E-state index contributed by atoms with van der Waals surface area (Å²) in [6.07, 6.45) is 5.04. The van der Waals surface area contributed by atoms with Crippen LogP contribution in [0.2, 0.25) is 5.02 Å². The Morgan fingerprint density at radius 2 is 1.73 bits per heavy atom. The molecular formula is C45H59ClN8O5. The molecule has 4 aromatic rings. The molecular weight excluding hydrogens is 768 g/mol. The normalized spacial score (nSPS) is 18.4. The van der Waals surface area contributed by atoms with Gasteiger partial charge in [-0.25, -0.2) is 14.5 Å². The average Bonchev–Trinajstić information content (AvgIpc) is 3.93. The molecule has 3 N–H and O–H groups in total. The summed E-state index contributed by atoms with van der Waals surface area (Å²) in [4.78, 5) is 49.5. The minimum atomic E-state index is -1.11. The number of aromatic nitrogens is 3. The molecule has 7 rings (SSSR count). The first-order valence-electron chi connectivity index (χ1n) is 21.2. The fourth-order valence-electron chi connectivity index (χ4n) is 8.24. The van der Waals surface area contributed by atoms with Gasteiger partial charge in [0, 0.05) is 93.0 Å². The molecule has 2 aromatic heterocycles. The van der Waals surface area contributed by atoms with E-state index >= 15 is 0 Å². The highest BCUT2D eigenvalue weighted by Crippen LogP contribution is 2.46. The Bertz CT molecular complexity index is 2170. The first kappa shape index (κ1) is 42.4. The molecule has 14 heteroatoms. The van der Waals surface area contributed by atoms with Crippen molar-refractivity contribution in [3.05, 3.63) is 76.1 Å². The number of carbonyl (C=O) groups is 3. The highest BCUT2D eigenvalue weighted by Gasteiger charge is 2.56. The van der Waals surface area contributed by atoms with Crippen LogP contribution in [0.3, 0.4) is 0 Å². The second-order valence-corrected chi connectivity index (χ2v) is 17.6. The minimum absolute atomic E-state index is 0.0275. The fourth-order valence-corrected chi connectivity index (χ4v) is 8.47. The molecule has 3 fully saturated rings. The molecule has 1 saturated carbocycles. The van der Waals surface area contributed by atoms with Gasteiger partial charge in [0.25, 0.3) is 0 Å². The number of nitrogens with one attached hydrogen (secondary N) is 3. The lowest BCUT2D eigenvalue weighted by Crippen LogP contribution is -2.54. The summed E-state index contributed by atoms with van der Waals surface area (Å²) < 4.78 is 13.1. The maximum absolute atomic E-state index is 13.9. The average molecular weight is 827 g/mol. The highest BCUT2D eigenvalue weighted by molar-refractivity contribution is 6.33. The number of rotatable bonds is 13. The number of benzene rings is 2. The van der Waals surface area contributed by atoms with Crippen LogP contribution in [-0.4, -0.2) is 93.0 Å². The lowest BCUT2D eigenvalue weighted by molar-refractivity contribution is -0.137. The predicted molar refractivity (Wildman–Crippen MR) is 230 cm³/mol. The van der Waals surface area contributed by atoms with Crippen LogP contribution in [0.1, 0.15) is 89.6 Å². The van der Waals surface area contributed by atoms with E-state index in [-0.39, 0.29) is 43.1 Å². The van der Waals surface area contributed by atoms with Gasteiger partial charge in [-0.3, -0.25) is 14.5 Å². The van der Waals surface area contributed by atoms with Crippen molar-refractivity contribution in [1.29, 1.82) is 0 Å². The van der Waals surface area contributed by atoms with Gasteiger partial charge in [0.2, 0.25) is 11.8 Å². The summed E-state index contributed by atoms with van der Waals surface area (Å²) in [5.41, 5.74) is 5.84. The van der Waals surface area contributed by atoms with E-state index in [1.54, 1.807) is 0 Å². The van der Waals surface area contributed by atoms with Crippen molar-refractivity contribution < 1.29 is 23.9 Å². The molecule has 0 unspecified atom stereocenters. The molecule has 1 aliphatic carbocycles. The number of pyridine rings is 1. The van der Waals surface area contributed by atoms with Crippen molar-refractivity contribution in [3.8, 4) is 11.1 Å². The Balaban J connectivity index is 0.985. The minimum Gasteiger partial charge on any atom is -0.444 e. The largest absolute Gasteiger partial charge is 0.444 e. The quantitative estimate of drug-likeness (QED) is 0.121. The van der Waals surface area contributed by atoms with Crippen LogP contribution < -0.4 is 16.0 Å². The Hall–Kier alpha value is -4.72. The number of anilines is 1. The molecule has 2 aliphatic heterocycles. The smallest absolute Gasteiger partial charge is 0.410 e. The topological polar surface area (TPSA) is 143 Å². The van der Waals surface area contributed by atoms with Gasteiger partial charge in [0.05, 0.1) is 17.3 Å². The lowest BCUT2D eigenvalue weighted by atomic mass is 10.00. The van der Waals surface area contributed by atoms with Crippen molar-refractivity contribution in [2.45, 2.75) is 118 Å². The first-order valence-corrected chi connectivity index (χ1v) is 21.5. The second kappa shape index (κ2) is 17.9. The van der Waals surface area contributed by atoms with Crippen LogP contribution in [0.5, 0.6) is 0 Å². The Morgan fingerprint density at radius 3 is 2.41 bits per heavy atom. The van der Waals surface area contributed by atoms with Gasteiger partial charge in [0.15, 0.2) is 5.65 Å². The molecule has 59 heavy (non-hydrogen) atoms. The summed E-state index contributed by atoms with van der Waals surface area (Å²) in [7, 11) is 0. The number of halogens is 1. The van der Waals surface area contributed by atoms with E-state index in [4.69, 9.17) is 26.1 Å². The zero-order valence-corrected chi connectivity index (χ0v) is 36.1. The number of carbonyl (C=O) groups excluding carboxylic acids is 3. The van der Waals surface area contributed by atoms with E-state index in [0.717, 1.165) is 82.7 Å². The van der Waals surface area contributed by atoms with Crippen LogP contribution in [0.4, 0.5) is 10.5 Å². The molecule has 3 aliphatic rings. The van der Waals surface area contributed by atoms with Crippen molar-refractivity contribution in [1.82, 2.24) is 35.2 Å². The molecule has 1 atom stereocenters. The number of fused-ring (bicyclic) bond motifs is 1. The summed E-state index contributed by atoms with van der Waals surface area (Å²) in [5, 5.41) is 16.1. The molecule has 2 aromatic carbocycles. The van der Waals surface area contributed by atoms with E-state index in [0.29, 0.717) is 50.6 Å². The van der Waals surface area contributed by atoms with Crippen LogP contribution in [-0.2, 0) is 51.7 Å². The summed E-state index contributed by atoms with van der Waals surface area (Å²) >= 11 is 6.77. The van der Waals surface area contributed by atoms with Gasteiger partial charge in [-0.05, 0) is 102 Å². The molecule has 316 valence electrons. The highest BCUT2D eigenvalue weighted by atomic mass is 35.5. The second-order valence-electron chi connectivity index (χ2n) is 17.2. The number of aryl methyl sites for hydroxylation is 2. The maximum atomic E-state index is 13.9. The van der Waals surface area contributed by atoms with Crippen LogP contribution in [0, 0.1) is 5.41 Å². The summed E-state index contributed by atoms with van der Waals surface area (Å²) in [6, 6.07) is 14.4. The molecule has 0 bridgehead atoms. The zero-order chi connectivity index (χ0) is 41.9. The summed E-state index contributed by atoms with van der Waals surface area (Å²) in [5.74, 6) is -0.545. The van der Waals surface area contributed by atoms with Crippen LogP contribution in [0.25, 0.3) is 22.2 Å². The number of piperazine rings is 1. The van der Waals surface area contributed by atoms with Gasteiger partial charge >= 0.3 is 6.09 Å². The van der Waals surface area contributed by atoms with Crippen molar-refractivity contribution >= 4 is 46.2 Å². The number of ether oxygens (including phenoxy) is 2. The molecule has 4 heterocycles. The van der Waals surface area contributed by atoms with E-state index < -0.39 is 11.0 Å². The molecule has 13 nitrogen and oxygen atoms in total. The van der Waals surface area contributed by atoms with Crippen molar-refractivity contribution in [2.75, 3.05) is 38.2 Å². The van der Waals surface area contributed by atoms with Gasteiger partial charge in [-0.1, -0.05) is 42.8 Å². The number of nitrogens with zero attached hydrogens (tertiary/aromatic N) is 5. The number of hydrogen-bond acceptors (Lipinski definition) is 9. The van der Waals surface area contributed by atoms with Gasteiger partial charge in [0.1, 0.15) is 11.0 Å². The van der Waals surface area contributed by atoms with Crippen molar-refractivity contribution in [2.24, 2.45) is 5.41 Å². The monoisotopic (exact) mass is 826 g/mol. The van der Waals surface area contributed by atoms with Crippen molar-refractivity contribution in [3.63, 3.8) is 0 Å². The Morgan fingerprint density at radius 1 is 0.983 bits per heavy atom. The van der Waals surface area contributed by atoms with E-state index in [1.807, 2.05) is 73.8 Å². The standard InChI is InChI=1S/C45H59ClN8O5/c1-7-38-35(39(50-33-14-20-58-21-15-33)36-26-49-54(8-2)40(36)51-38)25-48-42(56)45(16-17-45)41(55)47-24-30-12-13-37(46)34(23-30)32-11-9-10-31(22-32)28-52-18-19-53(29(3)27-52)43(57)59-44(4,5)6/h9-13,22-23,26,29,33H,7-8,14-21,24-25,27-28H2,1-6H3,(H,47,55)(H,48,56)(H,50,51)/t29-/m0/s1. The Kier molecular flexibility index (Phi) is 12.8. The summed E-state index contributed by atoms with van der Waals surface area (Å²) in [6.45, 7) is 17.3. The van der Waals surface area contributed by atoms with Gasteiger partial charge in [-0.15, -0.1) is 0 Å². The third-order valence-corrected chi connectivity index (χ3v) is 12.0. The maximum Gasteiger partial charge on any atom is 0.410 e. The Labute approximate surface area is 352 Å². The van der Waals surface area contributed by atoms with E-state index in [9.17, 15) is 14.4 Å². The third-order valence-electron chi connectivity index (χ3n) is 11.7. The van der Waals surface area contributed by atoms with Gasteiger partial charge < -0.3 is 30.3 Å². The molecule has 0 radical (unpaired) electrons. The first-order chi connectivity index (χ1) is 28.3. The van der Waals surface area contributed by atoms with Crippen LogP contribution >= 0.6 is 11.6 Å². The van der Waals surface area contributed by atoms with E-state index in [2.05, 4.69) is 51.9 Å². The van der Waals surface area contributed by atoms with Gasteiger partial charge in [-0.2, -0.15) is 5.10 Å². The fraction of sp³-hybridized carbons (Fsp3) is 0.533. The third kappa shape index (κ3) is 9.68.